The minimum Gasteiger partial charge on any atom is -0.378 e. The number of pyridine rings is 1. The third-order valence-corrected chi connectivity index (χ3v) is 4.11. The molecule has 1 aliphatic heterocycles. The fourth-order valence-corrected chi connectivity index (χ4v) is 2.95. The molecule has 0 aromatic carbocycles. The zero-order valence-electron chi connectivity index (χ0n) is 13.1. The van der Waals surface area contributed by atoms with Crippen LogP contribution in [0.2, 0.25) is 0 Å². The molecule has 118 valence electrons. The van der Waals surface area contributed by atoms with Gasteiger partial charge in [-0.1, -0.05) is 13.0 Å². The fourth-order valence-electron chi connectivity index (χ4n) is 2.95. The highest BCUT2D eigenvalue weighted by molar-refractivity contribution is 5.48. The topological polar surface area (TPSA) is 46.8 Å². The second-order valence-corrected chi connectivity index (χ2v) is 5.79. The lowest BCUT2D eigenvalue weighted by atomic mass is 10.2. The van der Waals surface area contributed by atoms with Crippen molar-refractivity contribution in [1.29, 1.82) is 0 Å². The molecule has 0 aliphatic carbocycles. The van der Waals surface area contributed by atoms with E-state index in [-0.39, 0.29) is 5.56 Å². The van der Waals surface area contributed by atoms with E-state index in [1.807, 2.05) is 18.2 Å². The third kappa shape index (κ3) is 3.30. The number of anilines is 1. The van der Waals surface area contributed by atoms with Crippen molar-refractivity contribution in [3.63, 3.8) is 0 Å². The standard InChI is InChI=1S/C17H23N3O2/c1-2-12-22-14-6-5-9-19(11-8-14)16-13-17(21)20-10-4-3-7-15(20)18-16/h3-4,7,10,13-14H,2,5-6,8-9,11-12H2,1H3. The Labute approximate surface area is 130 Å². The van der Waals surface area contributed by atoms with Crippen LogP contribution in [0.3, 0.4) is 0 Å². The Hall–Kier alpha value is -1.88. The van der Waals surface area contributed by atoms with Crippen molar-refractivity contribution in [3.8, 4) is 0 Å². The molecule has 5 heteroatoms. The van der Waals surface area contributed by atoms with Crippen molar-refractivity contribution in [3.05, 3.63) is 40.8 Å². The average molecular weight is 301 g/mol. The predicted octanol–water partition coefficient (Wildman–Crippen LogP) is 2.48. The largest absolute Gasteiger partial charge is 0.378 e. The number of fused-ring (bicyclic) bond motifs is 1. The Morgan fingerprint density at radius 2 is 2.23 bits per heavy atom. The second kappa shape index (κ2) is 6.92. The molecule has 0 bridgehead atoms. The first-order valence-electron chi connectivity index (χ1n) is 8.13. The smallest absolute Gasteiger partial charge is 0.259 e. The summed E-state index contributed by atoms with van der Waals surface area (Å²) < 4.78 is 7.46. The van der Waals surface area contributed by atoms with Crippen molar-refractivity contribution >= 4 is 11.5 Å². The number of hydrogen-bond donors (Lipinski definition) is 0. The van der Waals surface area contributed by atoms with Crippen molar-refractivity contribution in [2.24, 2.45) is 0 Å². The van der Waals surface area contributed by atoms with E-state index in [9.17, 15) is 4.79 Å². The van der Waals surface area contributed by atoms with Crippen LogP contribution in [0.4, 0.5) is 5.82 Å². The zero-order valence-corrected chi connectivity index (χ0v) is 13.1. The fraction of sp³-hybridized carbons (Fsp3) is 0.529. The van der Waals surface area contributed by atoms with Gasteiger partial charge in [-0.3, -0.25) is 9.20 Å². The van der Waals surface area contributed by atoms with E-state index >= 15 is 0 Å². The van der Waals surface area contributed by atoms with Gasteiger partial charge in [-0.05, 0) is 37.8 Å². The van der Waals surface area contributed by atoms with Gasteiger partial charge in [-0.25, -0.2) is 4.98 Å². The molecule has 1 aliphatic rings. The number of nitrogens with zero attached hydrogens (tertiary/aromatic N) is 3. The summed E-state index contributed by atoms with van der Waals surface area (Å²) >= 11 is 0. The summed E-state index contributed by atoms with van der Waals surface area (Å²) in [7, 11) is 0. The van der Waals surface area contributed by atoms with Gasteiger partial charge < -0.3 is 9.64 Å². The number of ether oxygens (including phenoxy) is 1. The molecule has 1 atom stereocenters. The van der Waals surface area contributed by atoms with E-state index in [0.717, 1.165) is 51.2 Å². The molecule has 2 aromatic heterocycles. The van der Waals surface area contributed by atoms with Crippen LogP contribution in [0.1, 0.15) is 32.6 Å². The first-order chi connectivity index (χ1) is 10.8. The van der Waals surface area contributed by atoms with Crippen LogP contribution >= 0.6 is 0 Å². The second-order valence-electron chi connectivity index (χ2n) is 5.79. The van der Waals surface area contributed by atoms with Gasteiger partial charge in [0.2, 0.25) is 0 Å². The van der Waals surface area contributed by atoms with Crippen LogP contribution in [0.5, 0.6) is 0 Å². The minimum absolute atomic E-state index is 0.0244. The Morgan fingerprint density at radius 3 is 3.09 bits per heavy atom. The van der Waals surface area contributed by atoms with Crippen molar-refractivity contribution in [1.82, 2.24) is 9.38 Å². The highest BCUT2D eigenvalue weighted by atomic mass is 16.5. The maximum Gasteiger partial charge on any atom is 0.259 e. The van der Waals surface area contributed by atoms with E-state index in [1.54, 1.807) is 16.7 Å². The van der Waals surface area contributed by atoms with Crippen LogP contribution < -0.4 is 10.5 Å². The minimum atomic E-state index is -0.0244. The molecule has 0 amide bonds. The maximum absolute atomic E-state index is 12.2. The lowest BCUT2D eigenvalue weighted by Gasteiger charge is -2.21. The quantitative estimate of drug-likeness (QED) is 0.870. The zero-order chi connectivity index (χ0) is 15.4. The molecule has 1 saturated heterocycles. The highest BCUT2D eigenvalue weighted by Gasteiger charge is 2.19. The van der Waals surface area contributed by atoms with Crippen LogP contribution in [-0.4, -0.2) is 35.2 Å². The van der Waals surface area contributed by atoms with E-state index < -0.39 is 0 Å². The monoisotopic (exact) mass is 301 g/mol. The number of hydrogen-bond acceptors (Lipinski definition) is 4. The molecule has 2 aromatic rings. The molecule has 1 unspecified atom stereocenters. The van der Waals surface area contributed by atoms with Crippen molar-refractivity contribution < 1.29 is 4.74 Å². The molecule has 5 nitrogen and oxygen atoms in total. The lowest BCUT2D eigenvalue weighted by Crippen LogP contribution is -2.28. The van der Waals surface area contributed by atoms with Gasteiger partial charge in [0.05, 0.1) is 6.10 Å². The number of aromatic nitrogens is 2. The van der Waals surface area contributed by atoms with Gasteiger partial charge in [0.15, 0.2) is 0 Å². The highest BCUT2D eigenvalue weighted by Crippen LogP contribution is 2.19. The molecule has 0 saturated carbocycles. The van der Waals surface area contributed by atoms with Crippen molar-refractivity contribution in [2.45, 2.75) is 38.7 Å². The number of rotatable bonds is 4. The van der Waals surface area contributed by atoms with E-state index in [0.29, 0.717) is 11.8 Å². The molecular formula is C17H23N3O2. The molecule has 0 spiro atoms. The SMILES string of the molecule is CCCOC1CCCN(c2cc(=O)n3ccccc3n2)CC1. The van der Waals surface area contributed by atoms with Crippen LogP contribution in [0.15, 0.2) is 35.3 Å². The normalized spacial score (nSPS) is 19.3. The van der Waals surface area contributed by atoms with Gasteiger partial charge in [0.25, 0.3) is 5.56 Å². The molecule has 0 radical (unpaired) electrons. The van der Waals surface area contributed by atoms with E-state index in [2.05, 4.69) is 16.8 Å². The first-order valence-corrected chi connectivity index (χ1v) is 8.13. The van der Waals surface area contributed by atoms with Gasteiger partial charge in [0.1, 0.15) is 11.5 Å². The first kappa shape index (κ1) is 15.0. The Balaban J connectivity index is 1.78. The summed E-state index contributed by atoms with van der Waals surface area (Å²) in [5, 5.41) is 0. The predicted molar refractivity (Wildman–Crippen MR) is 87.6 cm³/mol. The summed E-state index contributed by atoms with van der Waals surface area (Å²) in [5.74, 6) is 0.785. The molecular weight excluding hydrogens is 278 g/mol. The lowest BCUT2D eigenvalue weighted by molar-refractivity contribution is 0.0461. The molecule has 3 rings (SSSR count). The summed E-state index contributed by atoms with van der Waals surface area (Å²) in [6, 6.07) is 7.26. The third-order valence-electron chi connectivity index (χ3n) is 4.11. The summed E-state index contributed by atoms with van der Waals surface area (Å²) in [4.78, 5) is 19.1. The Kier molecular flexibility index (Phi) is 4.73. The van der Waals surface area contributed by atoms with E-state index in [4.69, 9.17) is 4.74 Å². The van der Waals surface area contributed by atoms with E-state index in [1.165, 1.54) is 0 Å². The average Bonchev–Trinajstić information content (AvgIpc) is 2.78. The summed E-state index contributed by atoms with van der Waals surface area (Å²) in [6.45, 7) is 4.79. The molecule has 3 heterocycles. The summed E-state index contributed by atoms with van der Waals surface area (Å²) in [5.41, 5.74) is 0.677. The van der Waals surface area contributed by atoms with Crippen molar-refractivity contribution in [2.75, 3.05) is 24.6 Å². The van der Waals surface area contributed by atoms with Gasteiger partial charge in [-0.2, -0.15) is 0 Å². The summed E-state index contributed by atoms with van der Waals surface area (Å²) in [6.07, 6.45) is 6.31. The van der Waals surface area contributed by atoms with Crippen LogP contribution in [-0.2, 0) is 4.74 Å². The van der Waals surface area contributed by atoms with Crippen LogP contribution in [0, 0.1) is 0 Å². The molecule has 1 fully saturated rings. The van der Waals surface area contributed by atoms with Crippen LogP contribution in [0.25, 0.3) is 5.65 Å². The molecule has 22 heavy (non-hydrogen) atoms. The van der Waals surface area contributed by atoms with Gasteiger partial charge in [-0.15, -0.1) is 0 Å². The Bertz CT molecular complexity index is 683. The Morgan fingerprint density at radius 1 is 1.32 bits per heavy atom. The maximum atomic E-state index is 12.2. The van der Waals surface area contributed by atoms with Gasteiger partial charge >= 0.3 is 0 Å². The van der Waals surface area contributed by atoms with Gasteiger partial charge in [0, 0.05) is 32.0 Å². The molecule has 0 N–H and O–H groups in total.